The number of carbonyl (C=O) groups is 2. The largest absolute Gasteiger partial charge is 0.330 e. The average molecular weight is 561 g/mol. The van der Waals surface area contributed by atoms with E-state index < -0.39 is 42.6 Å². The SMILES string of the molecule is [2H]C([2H])([2H])n1ncc2c1-c1ccnc(c1)[C@@H](N1CCC(c3c(C(F)F)ccc(Cl)c3F)=CC1=O)CCC[C@@H](C)C(=O)N2. The maximum atomic E-state index is 14.9. The lowest BCUT2D eigenvalue weighted by atomic mass is 9.91. The lowest BCUT2D eigenvalue weighted by Gasteiger charge is -2.35. The molecule has 39 heavy (non-hydrogen) atoms. The monoisotopic (exact) mass is 560 g/mol. The molecule has 7 nitrogen and oxygen atoms in total. The van der Waals surface area contributed by atoms with Crippen molar-refractivity contribution in [3.05, 3.63) is 70.4 Å². The number of rotatable bonds is 3. The molecule has 1 N–H and O–H groups in total. The van der Waals surface area contributed by atoms with E-state index >= 15 is 0 Å². The van der Waals surface area contributed by atoms with Crippen LogP contribution in [-0.4, -0.2) is 38.0 Å². The number of alkyl halides is 2. The summed E-state index contributed by atoms with van der Waals surface area (Å²) in [4.78, 5) is 32.5. The van der Waals surface area contributed by atoms with Gasteiger partial charge in [-0.1, -0.05) is 31.0 Å². The number of hydrogen-bond donors (Lipinski definition) is 1. The fourth-order valence-corrected chi connectivity index (χ4v) is 5.36. The summed E-state index contributed by atoms with van der Waals surface area (Å²) in [6, 6.07) is 4.78. The van der Waals surface area contributed by atoms with E-state index in [0.717, 1.165) is 22.9 Å². The highest BCUT2D eigenvalue weighted by atomic mass is 35.5. The number of aromatic nitrogens is 3. The molecule has 0 radical (unpaired) electrons. The minimum atomic E-state index is -2.97. The predicted molar refractivity (Wildman–Crippen MR) is 141 cm³/mol. The van der Waals surface area contributed by atoms with Crippen molar-refractivity contribution in [3.8, 4) is 11.3 Å². The second kappa shape index (κ2) is 10.8. The summed E-state index contributed by atoms with van der Waals surface area (Å²) in [6.45, 7) is -0.798. The summed E-state index contributed by atoms with van der Waals surface area (Å²) in [7, 11) is 0. The van der Waals surface area contributed by atoms with Gasteiger partial charge in [0, 0.05) is 52.5 Å². The van der Waals surface area contributed by atoms with Crippen molar-refractivity contribution >= 4 is 34.7 Å². The summed E-state index contributed by atoms with van der Waals surface area (Å²) in [5.74, 6) is -2.24. The molecule has 0 spiro atoms. The van der Waals surface area contributed by atoms with E-state index in [1.165, 1.54) is 12.4 Å². The normalized spacial score (nSPS) is 21.6. The Morgan fingerprint density at radius 2 is 2.05 bits per heavy atom. The fraction of sp³-hybridized carbons (Fsp3) is 0.357. The van der Waals surface area contributed by atoms with Crippen LogP contribution in [0.15, 0.2) is 42.7 Å². The van der Waals surface area contributed by atoms with E-state index in [9.17, 15) is 22.8 Å². The van der Waals surface area contributed by atoms with E-state index in [2.05, 4.69) is 15.4 Å². The fourth-order valence-electron chi connectivity index (χ4n) is 5.20. The highest BCUT2D eigenvalue weighted by Gasteiger charge is 2.32. The van der Waals surface area contributed by atoms with Crippen LogP contribution in [-0.2, 0) is 16.6 Å². The third-order valence-electron chi connectivity index (χ3n) is 7.25. The number of anilines is 1. The Hall–Kier alpha value is -3.66. The van der Waals surface area contributed by atoms with Gasteiger partial charge in [0.15, 0.2) is 0 Å². The average Bonchev–Trinajstić information content (AvgIpc) is 3.36. The molecule has 11 heteroatoms. The molecular formula is C28H27ClF3N5O2. The maximum absolute atomic E-state index is 14.9. The number of hydrogen-bond acceptors (Lipinski definition) is 4. The first kappa shape index (κ1) is 23.2. The molecule has 2 aromatic heterocycles. The van der Waals surface area contributed by atoms with Crippen LogP contribution in [0, 0.1) is 11.7 Å². The molecule has 3 aromatic rings. The maximum Gasteiger partial charge on any atom is 0.264 e. The number of nitrogens with zero attached hydrogens (tertiary/aromatic N) is 4. The van der Waals surface area contributed by atoms with Crippen LogP contribution in [0.5, 0.6) is 0 Å². The lowest BCUT2D eigenvalue weighted by Crippen LogP contribution is -2.38. The molecule has 4 heterocycles. The van der Waals surface area contributed by atoms with Gasteiger partial charge < -0.3 is 10.2 Å². The molecule has 0 saturated carbocycles. The van der Waals surface area contributed by atoms with Crippen LogP contribution in [0.2, 0.25) is 5.02 Å². The van der Waals surface area contributed by atoms with Crippen LogP contribution in [0.25, 0.3) is 16.8 Å². The van der Waals surface area contributed by atoms with Gasteiger partial charge in [-0.15, -0.1) is 0 Å². The molecule has 0 aliphatic carbocycles. The first-order valence-corrected chi connectivity index (χ1v) is 12.9. The number of carbonyl (C=O) groups excluding carboxylic acids is 2. The van der Waals surface area contributed by atoms with Crippen molar-refractivity contribution in [2.45, 2.75) is 45.1 Å². The predicted octanol–water partition coefficient (Wildman–Crippen LogP) is 6.33. The Morgan fingerprint density at radius 3 is 2.79 bits per heavy atom. The smallest absolute Gasteiger partial charge is 0.264 e. The summed E-state index contributed by atoms with van der Waals surface area (Å²) in [6.07, 6.45) is 2.49. The zero-order chi connectivity index (χ0) is 30.3. The summed E-state index contributed by atoms with van der Waals surface area (Å²) >= 11 is 5.89. The van der Waals surface area contributed by atoms with Crippen LogP contribution in [0.3, 0.4) is 0 Å². The Balaban J connectivity index is 1.57. The molecule has 5 rings (SSSR count). The molecule has 0 fully saturated rings. The third kappa shape index (κ3) is 5.17. The van der Waals surface area contributed by atoms with Gasteiger partial charge in [-0.2, -0.15) is 5.10 Å². The van der Waals surface area contributed by atoms with Crippen molar-refractivity contribution in [1.29, 1.82) is 0 Å². The molecule has 1 aromatic carbocycles. The zero-order valence-electron chi connectivity index (χ0n) is 23.9. The highest BCUT2D eigenvalue weighted by Crippen LogP contribution is 2.39. The number of benzene rings is 1. The van der Waals surface area contributed by atoms with Gasteiger partial charge in [0.1, 0.15) is 5.82 Å². The number of pyridine rings is 1. The van der Waals surface area contributed by atoms with Crippen molar-refractivity contribution in [2.75, 3.05) is 11.9 Å². The first-order chi connectivity index (χ1) is 19.9. The van der Waals surface area contributed by atoms with Crippen LogP contribution in [0.1, 0.15) is 66.0 Å². The van der Waals surface area contributed by atoms with Crippen LogP contribution < -0.4 is 5.32 Å². The summed E-state index contributed by atoms with van der Waals surface area (Å²) in [5, 5.41) is 6.49. The van der Waals surface area contributed by atoms with E-state index in [1.807, 2.05) is 0 Å². The molecular weight excluding hydrogens is 531 g/mol. The Morgan fingerprint density at radius 1 is 1.23 bits per heavy atom. The topological polar surface area (TPSA) is 80.1 Å². The number of amides is 2. The van der Waals surface area contributed by atoms with Gasteiger partial charge in [-0.05, 0) is 43.0 Å². The second-order valence-electron chi connectivity index (χ2n) is 9.70. The second-order valence-corrected chi connectivity index (χ2v) is 10.1. The summed E-state index contributed by atoms with van der Waals surface area (Å²) in [5.41, 5.74) is 0.513. The first-order valence-electron chi connectivity index (χ1n) is 14.0. The molecule has 2 atom stereocenters. The Bertz CT molecular complexity index is 1580. The third-order valence-corrected chi connectivity index (χ3v) is 7.54. The van der Waals surface area contributed by atoms with E-state index in [-0.39, 0.29) is 46.4 Å². The molecule has 204 valence electrons. The van der Waals surface area contributed by atoms with Crippen molar-refractivity contribution in [2.24, 2.45) is 12.9 Å². The number of aryl methyl sites for hydroxylation is 1. The molecule has 2 amide bonds. The molecule has 2 aliphatic rings. The Kier molecular flexibility index (Phi) is 6.46. The minimum absolute atomic E-state index is 0.0877. The number of halogens is 4. The van der Waals surface area contributed by atoms with Crippen LogP contribution in [0.4, 0.5) is 18.9 Å². The zero-order valence-corrected chi connectivity index (χ0v) is 21.7. The van der Waals surface area contributed by atoms with E-state index in [1.54, 1.807) is 24.0 Å². The molecule has 2 bridgehead atoms. The minimum Gasteiger partial charge on any atom is -0.330 e. The van der Waals surface area contributed by atoms with Crippen molar-refractivity contribution < 1.29 is 26.9 Å². The lowest BCUT2D eigenvalue weighted by molar-refractivity contribution is -0.129. The quantitative estimate of drug-likeness (QED) is 0.406. The van der Waals surface area contributed by atoms with Gasteiger partial charge in [-0.25, -0.2) is 13.2 Å². The van der Waals surface area contributed by atoms with Gasteiger partial charge >= 0.3 is 0 Å². The Labute approximate surface area is 232 Å². The van der Waals surface area contributed by atoms with Gasteiger partial charge in [-0.3, -0.25) is 19.3 Å². The van der Waals surface area contributed by atoms with Crippen molar-refractivity contribution in [3.63, 3.8) is 0 Å². The number of nitrogens with one attached hydrogen (secondary N) is 1. The molecule has 0 unspecified atom stereocenters. The van der Waals surface area contributed by atoms with Crippen molar-refractivity contribution in [1.82, 2.24) is 19.7 Å². The van der Waals surface area contributed by atoms with Gasteiger partial charge in [0.2, 0.25) is 11.8 Å². The van der Waals surface area contributed by atoms with Gasteiger partial charge in [0.05, 0.1) is 34.3 Å². The van der Waals surface area contributed by atoms with Gasteiger partial charge in [0.25, 0.3) is 6.43 Å². The molecule has 2 aliphatic heterocycles. The summed E-state index contributed by atoms with van der Waals surface area (Å²) < 4.78 is 67.1. The van der Waals surface area contributed by atoms with E-state index in [4.69, 9.17) is 15.7 Å². The molecule has 0 saturated heterocycles. The standard InChI is InChI=1S/C28H27ClF3N5O2/c1-15-4-3-5-22(20-12-17(8-10-33-20)26-21(35-28(15)39)14-34-36(26)2)37-11-9-16(13-23(37)38)24-18(27(31)32)6-7-19(29)25(24)30/h6-8,10,12-15,22,27H,3-5,9,11H2,1-2H3,(H,35,39)/t15-,22+/m1/s1/i2D3. The number of fused-ring (bicyclic) bond motifs is 4. The van der Waals surface area contributed by atoms with E-state index in [0.29, 0.717) is 30.5 Å². The van der Waals surface area contributed by atoms with Crippen LogP contribution >= 0.6 is 11.6 Å². The highest BCUT2D eigenvalue weighted by molar-refractivity contribution is 6.31.